The Kier molecular flexibility index (Phi) is 4.65. The number of hydrogen-bond donors (Lipinski definition) is 0. The van der Waals surface area contributed by atoms with E-state index in [1.165, 1.54) is 6.07 Å². The van der Waals surface area contributed by atoms with Gasteiger partial charge in [0.25, 0.3) is 0 Å². The summed E-state index contributed by atoms with van der Waals surface area (Å²) < 4.78 is 38.1. The maximum absolute atomic E-state index is 12.6. The number of rotatable bonds is 2. The van der Waals surface area contributed by atoms with Crippen LogP contribution in [0.5, 0.6) is 0 Å². The first-order chi connectivity index (χ1) is 7.27. The van der Waals surface area contributed by atoms with Crippen LogP contribution in [0.25, 0.3) is 0 Å². The lowest BCUT2D eigenvalue weighted by molar-refractivity contribution is -0.138. The molecule has 0 aromatic heterocycles. The summed E-state index contributed by atoms with van der Waals surface area (Å²) in [5.74, 6) is -0.881. The molecule has 1 aromatic carbocycles. The van der Waals surface area contributed by atoms with Gasteiger partial charge in [0.05, 0.1) is 11.4 Å². The molecule has 0 aliphatic rings. The van der Waals surface area contributed by atoms with E-state index < -0.39 is 17.5 Å². The summed E-state index contributed by atoms with van der Waals surface area (Å²) in [7, 11) is 0. The monoisotopic (exact) mass is 426 g/mol. The van der Waals surface area contributed by atoms with Crippen LogP contribution >= 0.6 is 50.1 Å². The van der Waals surface area contributed by atoms with Gasteiger partial charge in [0.1, 0.15) is 0 Å². The van der Waals surface area contributed by atoms with E-state index in [2.05, 4.69) is 15.9 Å². The highest BCUT2D eigenvalue weighted by molar-refractivity contribution is 14.1. The number of hydrogen-bond acceptors (Lipinski definition) is 1. The number of alkyl halides is 4. The van der Waals surface area contributed by atoms with Crippen LogP contribution in [0, 0.1) is 3.57 Å². The number of halogens is 6. The summed E-state index contributed by atoms with van der Waals surface area (Å²) in [6, 6.07) is 2.15. The second kappa shape index (κ2) is 5.22. The molecule has 1 aromatic rings. The number of ketones is 1. The van der Waals surface area contributed by atoms with Gasteiger partial charge in [-0.2, -0.15) is 13.2 Å². The van der Waals surface area contributed by atoms with Crippen molar-refractivity contribution in [2.75, 3.05) is 5.88 Å². The smallest absolute Gasteiger partial charge is 0.293 e. The third-order valence-electron chi connectivity index (χ3n) is 1.78. The van der Waals surface area contributed by atoms with Gasteiger partial charge in [-0.1, -0.05) is 0 Å². The zero-order valence-corrected chi connectivity index (χ0v) is 12.0. The first kappa shape index (κ1) is 14.2. The molecule has 0 spiro atoms. The summed E-state index contributed by atoms with van der Waals surface area (Å²) >= 11 is 9.85. The third kappa shape index (κ3) is 3.10. The maximum atomic E-state index is 12.6. The molecule has 1 rings (SSSR count). The molecule has 16 heavy (non-hydrogen) atoms. The Labute approximate surface area is 117 Å². The van der Waals surface area contributed by atoms with Crippen LogP contribution in [0.15, 0.2) is 16.6 Å². The van der Waals surface area contributed by atoms with Gasteiger partial charge in [0, 0.05) is 13.6 Å². The highest BCUT2D eigenvalue weighted by Crippen LogP contribution is 2.37. The fraction of sp³-hybridized carbons (Fsp3) is 0.222. The Balaban J connectivity index is 3.39. The van der Waals surface area contributed by atoms with Gasteiger partial charge in [-0.3, -0.25) is 4.79 Å². The Bertz CT molecular complexity index is 433. The van der Waals surface area contributed by atoms with Gasteiger partial charge >= 0.3 is 6.18 Å². The average Bonchev–Trinajstić information content (AvgIpc) is 2.18. The number of benzene rings is 1. The Morgan fingerprint density at radius 2 is 2.00 bits per heavy atom. The van der Waals surface area contributed by atoms with Crippen LogP contribution < -0.4 is 0 Å². The van der Waals surface area contributed by atoms with Crippen LogP contribution in [0.4, 0.5) is 13.2 Å². The highest BCUT2D eigenvalue weighted by atomic mass is 127. The molecule has 0 bridgehead atoms. The molecule has 0 aliphatic heterocycles. The molecule has 0 heterocycles. The van der Waals surface area contributed by atoms with Crippen LogP contribution in [-0.4, -0.2) is 11.7 Å². The lowest BCUT2D eigenvalue weighted by Gasteiger charge is -2.12. The second-order valence-corrected chi connectivity index (χ2v) is 5.07. The van der Waals surface area contributed by atoms with Gasteiger partial charge < -0.3 is 0 Å². The van der Waals surface area contributed by atoms with E-state index in [9.17, 15) is 18.0 Å². The largest absolute Gasteiger partial charge is 0.417 e. The minimum absolute atomic E-state index is 0.0243. The highest BCUT2D eigenvalue weighted by Gasteiger charge is 2.34. The molecule has 1 nitrogen and oxygen atoms in total. The van der Waals surface area contributed by atoms with E-state index >= 15 is 0 Å². The second-order valence-electron chi connectivity index (χ2n) is 2.87. The molecule has 0 unspecified atom stereocenters. The number of Topliss-reactive ketones (excluding diaryl/α,β-unsaturated/α-hetero) is 1. The maximum Gasteiger partial charge on any atom is 0.417 e. The predicted molar refractivity (Wildman–Crippen MR) is 66.9 cm³/mol. The molecule has 0 fully saturated rings. The van der Waals surface area contributed by atoms with Crippen molar-refractivity contribution in [2.45, 2.75) is 6.18 Å². The van der Waals surface area contributed by atoms with Gasteiger partial charge in [-0.15, -0.1) is 11.6 Å². The van der Waals surface area contributed by atoms with E-state index in [0.29, 0.717) is 0 Å². The van der Waals surface area contributed by atoms with Crippen LogP contribution in [-0.2, 0) is 6.18 Å². The van der Waals surface area contributed by atoms with E-state index in [1.54, 1.807) is 22.6 Å². The van der Waals surface area contributed by atoms with E-state index in [1.807, 2.05) is 0 Å². The van der Waals surface area contributed by atoms with Crippen LogP contribution in [0.1, 0.15) is 15.9 Å². The zero-order chi connectivity index (χ0) is 12.5. The zero-order valence-electron chi connectivity index (χ0n) is 7.54. The molecule has 0 N–H and O–H groups in total. The SMILES string of the molecule is O=C(CCl)c1cc(Br)c(I)c(C(F)(F)F)c1. The molecule has 0 amide bonds. The van der Waals surface area contributed by atoms with Gasteiger partial charge in [-0.25, -0.2) is 0 Å². The number of carbonyl (C=O) groups is 1. The lowest BCUT2D eigenvalue weighted by atomic mass is 10.1. The van der Waals surface area contributed by atoms with Crippen molar-refractivity contribution in [1.29, 1.82) is 0 Å². The average molecular weight is 427 g/mol. The van der Waals surface area contributed by atoms with Crippen molar-refractivity contribution in [3.63, 3.8) is 0 Å². The quantitative estimate of drug-likeness (QED) is 0.386. The summed E-state index contributed by atoms with van der Waals surface area (Å²) in [5.41, 5.74) is -0.884. The van der Waals surface area contributed by atoms with Crippen LogP contribution in [0.3, 0.4) is 0 Å². The Hall–Kier alpha value is 0.180. The Morgan fingerprint density at radius 1 is 1.44 bits per heavy atom. The predicted octanol–water partition coefficient (Wildman–Crippen LogP) is 4.49. The van der Waals surface area contributed by atoms with Crippen molar-refractivity contribution >= 4 is 55.9 Å². The van der Waals surface area contributed by atoms with Gasteiger partial charge in [0.2, 0.25) is 0 Å². The Morgan fingerprint density at radius 3 is 2.44 bits per heavy atom. The van der Waals surface area contributed by atoms with E-state index in [0.717, 1.165) is 6.07 Å². The molecule has 88 valence electrons. The molecule has 0 saturated carbocycles. The lowest BCUT2D eigenvalue weighted by Crippen LogP contribution is -2.11. The molecule has 7 heteroatoms. The standard InChI is InChI=1S/C9H4BrClF3IO/c10-6-2-4(7(16)3-11)1-5(8(6)15)9(12,13)14/h1-2H,3H2. The fourth-order valence-electron chi connectivity index (χ4n) is 1.03. The first-order valence-electron chi connectivity index (χ1n) is 3.92. The van der Waals surface area contributed by atoms with Crippen molar-refractivity contribution in [3.05, 3.63) is 31.3 Å². The summed E-state index contributed by atoms with van der Waals surface area (Å²) in [6.07, 6.45) is -4.48. The van der Waals surface area contributed by atoms with E-state index in [4.69, 9.17) is 11.6 Å². The molecule has 0 radical (unpaired) electrons. The molecule has 0 aliphatic carbocycles. The van der Waals surface area contributed by atoms with Crippen molar-refractivity contribution in [2.24, 2.45) is 0 Å². The summed E-state index contributed by atoms with van der Waals surface area (Å²) in [5, 5.41) is 0. The van der Waals surface area contributed by atoms with Crippen molar-refractivity contribution < 1.29 is 18.0 Å². The third-order valence-corrected chi connectivity index (χ3v) is 4.55. The van der Waals surface area contributed by atoms with E-state index in [-0.39, 0.29) is 19.5 Å². The topological polar surface area (TPSA) is 17.1 Å². The molecular formula is C9H4BrClF3IO. The van der Waals surface area contributed by atoms with Crippen molar-refractivity contribution in [1.82, 2.24) is 0 Å². The molecule has 0 saturated heterocycles. The normalized spacial score (nSPS) is 11.6. The van der Waals surface area contributed by atoms with Gasteiger partial charge in [0.15, 0.2) is 5.78 Å². The fourth-order valence-corrected chi connectivity index (χ4v) is 2.27. The summed E-state index contributed by atoms with van der Waals surface area (Å²) in [6.45, 7) is 0. The van der Waals surface area contributed by atoms with Crippen LogP contribution in [0.2, 0.25) is 0 Å². The number of carbonyl (C=O) groups excluding carboxylic acids is 1. The molecular weight excluding hydrogens is 423 g/mol. The minimum Gasteiger partial charge on any atom is -0.293 e. The van der Waals surface area contributed by atoms with Gasteiger partial charge in [-0.05, 0) is 50.7 Å². The summed E-state index contributed by atoms with van der Waals surface area (Å²) in [4.78, 5) is 11.2. The van der Waals surface area contributed by atoms with Crippen molar-refractivity contribution in [3.8, 4) is 0 Å². The first-order valence-corrected chi connectivity index (χ1v) is 6.33. The minimum atomic E-state index is -4.48. The molecule has 0 atom stereocenters.